The van der Waals surface area contributed by atoms with Crippen LogP contribution in [0, 0.1) is 0 Å². The Kier molecular flexibility index (Phi) is 5.44. The first-order valence-electron chi connectivity index (χ1n) is 9.28. The quantitative estimate of drug-likeness (QED) is 0.786. The minimum absolute atomic E-state index is 0.182. The van der Waals surface area contributed by atoms with Crippen molar-refractivity contribution < 1.29 is 9.53 Å². The standard InChI is InChI=1S/C19H27N5O2/c1-2-26-16(25)10-9-14-7-6-8-15(13-14)24-18(21)22-17(20)23-19(24)11-4-3-5-12-19/h6-8,13H,2-5,9-12H2,1H3,(H4,20,21,22,23). The third-order valence-electron chi connectivity index (χ3n) is 4.94. The molecule has 1 heterocycles. The zero-order valence-corrected chi connectivity index (χ0v) is 15.3. The van der Waals surface area contributed by atoms with E-state index in [1.54, 1.807) is 0 Å². The summed E-state index contributed by atoms with van der Waals surface area (Å²) < 4.78 is 5.01. The molecule has 1 saturated carbocycles. The number of rotatable bonds is 5. The maximum atomic E-state index is 11.6. The van der Waals surface area contributed by atoms with Gasteiger partial charge in [-0.25, -0.2) is 4.99 Å². The summed E-state index contributed by atoms with van der Waals surface area (Å²) in [5.41, 5.74) is 13.7. The van der Waals surface area contributed by atoms with Crippen molar-refractivity contribution in [3.05, 3.63) is 29.8 Å². The lowest BCUT2D eigenvalue weighted by Gasteiger charge is -2.45. The number of aryl methyl sites for hydroxylation is 1. The molecular weight excluding hydrogens is 330 g/mol. The maximum Gasteiger partial charge on any atom is 0.306 e. The fourth-order valence-corrected chi connectivity index (χ4v) is 3.83. The second kappa shape index (κ2) is 7.76. The monoisotopic (exact) mass is 357 g/mol. The highest BCUT2D eigenvalue weighted by molar-refractivity contribution is 6.05. The van der Waals surface area contributed by atoms with E-state index < -0.39 is 5.66 Å². The van der Waals surface area contributed by atoms with Gasteiger partial charge in [0.1, 0.15) is 5.66 Å². The van der Waals surface area contributed by atoms with Gasteiger partial charge in [-0.05, 0) is 56.7 Å². The average Bonchev–Trinajstić information content (AvgIpc) is 2.60. The van der Waals surface area contributed by atoms with E-state index in [9.17, 15) is 4.79 Å². The van der Waals surface area contributed by atoms with Crippen molar-refractivity contribution >= 4 is 23.6 Å². The summed E-state index contributed by atoms with van der Waals surface area (Å²) in [5.74, 6) is 0.444. The highest BCUT2D eigenvalue weighted by Crippen LogP contribution is 2.39. The average molecular weight is 357 g/mol. The molecule has 0 bridgehead atoms. The Bertz CT molecular complexity index is 722. The van der Waals surface area contributed by atoms with Crippen molar-refractivity contribution in [1.29, 1.82) is 0 Å². The van der Waals surface area contributed by atoms with Crippen molar-refractivity contribution in [2.75, 3.05) is 11.5 Å². The SMILES string of the molecule is CCOC(=O)CCc1cccc(N2C(N)=NC(N)=NC23CCCCC3)c1. The van der Waals surface area contributed by atoms with Gasteiger partial charge in [0, 0.05) is 12.1 Å². The molecule has 1 fully saturated rings. The molecule has 2 aliphatic rings. The molecular formula is C19H27N5O2. The molecule has 1 aromatic carbocycles. The molecule has 26 heavy (non-hydrogen) atoms. The molecule has 0 atom stereocenters. The number of anilines is 1. The Morgan fingerprint density at radius 2 is 2.04 bits per heavy atom. The maximum absolute atomic E-state index is 11.6. The van der Waals surface area contributed by atoms with Crippen molar-refractivity contribution in [1.82, 2.24) is 0 Å². The Morgan fingerprint density at radius 1 is 1.27 bits per heavy atom. The van der Waals surface area contributed by atoms with Gasteiger partial charge in [-0.3, -0.25) is 9.69 Å². The van der Waals surface area contributed by atoms with Gasteiger partial charge in [-0.2, -0.15) is 4.99 Å². The highest BCUT2D eigenvalue weighted by atomic mass is 16.5. The van der Waals surface area contributed by atoms with Crippen LogP contribution >= 0.6 is 0 Å². The van der Waals surface area contributed by atoms with Crippen molar-refractivity contribution in [3.8, 4) is 0 Å². The number of hydrogen-bond acceptors (Lipinski definition) is 7. The van der Waals surface area contributed by atoms with Gasteiger partial charge >= 0.3 is 5.97 Å². The summed E-state index contributed by atoms with van der Waals surface area (Å²) in [6, 6.07) is 8.03. The molecule has 0 saturated heterocycles. The fraction of sp³-hybridized carbons (Fsp3) is 0.526. The molecule has 3 rings (SSSR count). The Morgan fingerprint density at radius 3 is 2.77 bits per heavy atom. The number of esters is 1. The first kappa shape index (κ1) is 18.2. The minimum atomic E-state index is -0.450. The van der Waals surface area contributed by atoms with E-state index in [2.05, 4.69) is 16.1 Å². The Labute approximate surface area is 154 Å². The lowest BCUT2D eigenvalue weighted by atomic mass is 9.87. The van der Waals surface area contributed by atoms with Crippen LogP contribution in [0.3, 0.4) is 0 Å². The summed E-state index contributed by atoms with van der Waals surface area (Å²) >= 11 is 0. The summed E-state index contributed by atoms with van der Waals surface area (Å²) in [5, 5.41) is 0. The first-order valence-corrected chi connectivity index (χ1v) is 9.28. The molecule has 1 aromatic rings. The zero-order valence-electron chi connectivity index (χ0n) is 15.3. The summed E-state index contributed by atoms with van der Waals surface area (Å²) in [6.45, 7) is 2.22. The molecule has 7 heteroatoms. The molecule has 140 valence electrons. The van der Waals surface area contributed by atoms with Crippen LogP contribution < -0.4 is 16.4 Å². The van der Waals surface area contributed by atoms with Crippen molar-refractivity contribution in [2.24, 2.45) is 21.5 Å². The molecule has 1 aliphatic carbocycles. The molecule has 1 spiro atoms. The second-order valence-electron chi connectivity index (χ2n) is 6.79. The molecule has 0 amide bonds. The molecule has 7 nitrogen and oxygen atoms in total. The van der Waals surface area contributed by atoms with Crippen LogP contribution in [0.2, 0.25) is 0 Å². The normalized spacial score (nSPS) is 19.0. The van der Waals surface area contributed by atoms with Gasteiger partial charge in [0.15, 0.2) is 0 Å². The Hall–Kier alpha value is -2.57. The van der Waals surface area contributed by atoms with E-state index in [1.807, 2.05) is 30.0 Å². The van der Waals surface area contributed by atoms with Crippen LogP contribution in [0.4, 0.5) is 5.69 Å². The van der Waals surface area contributed by atoms with E-state index in [-0.39, 0.29) is 11.9 Å². The lowest BCUT2D eigenvalue weighted by molar-refractivity contribution is -0.143. The summed E-state index contributed by atoms with van der Waals surface area (Å²) in [6.07, 6.45) is 6.15. The summed E-state index contributed by atoms with van der Waals surface area (Å²) in [4.78, 5) is 22.5. The number of hydrogen-bond donors (Lipinski definition) is 2. The number of aliphatic imine (C=N–C) groups is 2. The molecule has 0 unspecified atom stereocenters. The highest BCUT2D eigenvalue weighted by Gasteiger charge is 2.42. The van der Waals surface area contributed by atoms with Gasteiger partial charge in [0.05, 0.1) is 6.61 Å². The van der Waals surface area contributed by atoms with E-state index >= 15 is 0 Å². The van der Waals surface area contributed by atoms with E-state index in [4.69, 9.17) is 16.2 Å². The second-order valence-corrected chi connectivity index (χ2v) is 6.79. The number of ether oxygens (including phenoxy) is 1. The largest absolute Gasteiger partial charge is 0.466 e. The van der Waals surface area contributed by atoms with Crippen LogP contribution in [0.15, 0.2) is 34.3 Å². The third-order valence-corrected chi connectivity index (χ3v) is 4.94. The number of nitrogens with two attached hydrogens (primary N) is 2. The van der Waals surface area contributed by atoms with Crippen molar-refractivity contribution in [3.63, 3.8) is 0 Å². The van der Waals surface area contributed by atoms with Gasteiger partial charge in [-0.1, -0.05) is 18.6 Å². The topological polar surface area (TPSA) is 106 Å². The number of guanidine groups is 2. The Balaban J connectivity index is 1.85. The van der Waals surface area contributed by atoms with Crippen LogP contribution in [-0.4, -0.2) is 30.2 Å². The van der Waals surface area contributed by atoms with Gasteiger partial charge in [0.25, 0.3) is 0 Å². The van der Waals surface area contributed by atoms with Crippen LogP contribution in [-0.2, 0) is 16.0 Å². The van der Waals surface area contributed by atoms with Crippen molar-refractivity contribution in [2.45, 2.75) is 57.5 Å². The predicted octanol–water partition coefficient (Wildman–Crippen LogP) is 2.29. The van der Waals surface area contributed by atoms with E-state index in [0.29, 0.717) is 25.4 Å². The van der Waals surface area contributed by atoms with Crippen LogP contribution in [0.25, 0.3) is 0 Å². The van der Waals surface area contributed by atoms with E-state index in [1.165, 1.54) is 6.42 Å². The lowest BCUT2D eigenvalue weighted by Crippen LogP contribution is -2.58. The van der Waals surface area contributed by atoms with Crippen LogP contribution in [0.1, 0.15) is 51.0 Å². The number of benzene rings is 1. The fourth-order valence-electron chi connectivity index (χ4n) is 3.83. The molecule has 4 N–H and O–H groups in total. The molecule has 1 aliphatic heterocycles. The zero-order chi connectivity index (χ0) is 18.6. The number of nitrogens with zero attached hydrogens (tertiary/aromatic N) is 3. The smallest absolute Gasteiger partial charge is 0.306 e. The van der Waals surface area contributed by atoms with Gasteiger partial charge in [-0.15, -0.1) is 0 Å². The number of carbonyl (C=O) groups is 1. The third kappa shape index (κ3) is 3.81. The van der Waals surface area contributed by atoms with Crippen LogP contribution in [0.5, 0.6) is 0 Å². The minimum Gasteiger partial charge on any atom is -0.466 e. The predicted molar refractivity (Wildman–Crippen MR) is 103 cm³/mol. The molecule has 0 radical (unpaired) electrons. The van der Waals surface area contributed by atoms with Gasteiger partial charge < -0.3 is 16.2 Å². The number of carbonyl (C=O) groups excluding carboxylic acids is 1. The van der Waals surface area contributed by atoms with Gasteiger partial charge in [0.2, 0.25) is 11.9 Å². The molecule has 0 aromatic heterocycles. The first-order chi connectivity index (χ1) is 12.5. The van der Waals surface area contributed by atoms with E-state index in [0.717, 1.165) is 36.9 Å². The summed E-state index contributed by atoms with van der Waals surface area (Å²) in [7, 11) is 0.